The van der Waals surface area contributed by atoms with Gasteiger partial charge >= 0.3 is 0 Å². The summed E-state index contributed by atoms with van der Waals surface area (Å²) in [6.07, 6.45) is 3.67. The Bertz CT molecular complexity index is 267. The lowest BCUT2D eigenvalue weighted by Crippen LogP contribution is -2.52. The van der Waals surface area contributed by atoms with Crippen LogP contribution in [0.3, 0.4) is 0 Å². The summed E-state index contributed by atoms with van der Waals surface area (Å²) < 4.78 is 10.8. The molecule has 18 heavy (non-hydrogen) atoms. The Balaban J connectivity index is 2.49. The van der Waals surface area contributed by atoms with Gasteiger partial charge in [0.15, 0.2) is 0 Å². The molecule has 5 nitrogen and oxygen atoms in total. The van der Waals surface area contributed by atoms with Crippen molar-refractivity contribution in [2.24, 2.45) is 5.73 Å². The van der Waals surface area contributed by atoms with Gasteiger partial charge in [-0.1, -0.05) is 13.8 Å². The third-order valence-corrected chi connectivity index (χ3v) is 3.81. The topological polar surface area (TPSA) is 73.6 Å². The maximum absolute atomic E-state index is 11.8. The number of hydrogen-bond acceptors (Lipinski definition) is 4. The third kappa shape index (κ3) is 3.93. The molecule has 1 saturated heterocycles. The normalized spacial score (nSPS) is 24.6. The molecule has 1 heterocycles. The fourth-order valence-corrected chi connectivity index (χ4v) is 2.46. The number of nitrogens with two attached hydrogens (primary N) is 1. The predicted octanol–water partition coefficient (Wildman–Crippen LogP) is 0.814. The van der Waals surface area contributed by atoms with Crippen LogP contribution in [-0.2, 0) is 14.3 Å². The number of methoxy groups -OCH3 is 1. The second-order valence-corrected chi connectivity index (χ2v) is 5.00. The number of carbonyl (C=O) groups is 1. The monoisotopic (exact) mass is 258 g/mol. The molecule has 1 rings (SSSR count). The lowest BCUT2D eigenvalue weighted by atomic mass is 9.86. The minimum atomic E-state index is -0.588. The van der Waals surface area contributed by atoms with Crippen molar-refractivity contribution in [2.75, 3.05) is 20.3 Å². The van der Waals surface area contributed by atoms with E-state index in [1.807, 2.05) is 0 Å². The van der Waals surface area contributed by atoms with Crippen LogP contribution in [0.2, 0.25) is 0 Å². The molecule has 0 radical (unpaired) electrons. The van der Waals surface area contributed by atoms with Crippen LogP contribution in [0.4, 0.5) is 0 Å². The first-order chi connectivity index (χ1) is 8.56. The van der Waals surface area contributed by atoms with Crippen LogP contribution in [0, 0.1) is 0 Å². The first-order valence-corrected chi connectivity index (χ1v) is 6.75. The molecule has 1 aliphatic rings. The summed E-state index contributed by atoms with van der Waals surface area (Å²) in [4.78, 5) is 11.8. The van der Waals surface area contributed by atoms with Crippen LogP contribution in [0.1, 0.15) is 39.5 Å². The van der Waals surface area contributed by atoms with Crippen molar-refractivity contribution in [2.45, 2.75) is 57.2 Å². The predicted molar refractivity (Wildman–Crippen MR) is 70.3 cm³/mol. The van der Waals surface area contributed by atoms with Gasteiger partial charge in [0, 0.05) is 19.8 Å². The summed E-state index contributed by atoms with van der Waals surface area (Å²) in [6.45, 7) is 5.21. The van der Waals surface area contributed by atoms with Crippen molar-refractivity contribution in [1.29, 1.82) is 0 Å². The van der Waals surface area contributed by atoms with E-state index < -0.39 is 6.04 Å². The van der Waals surface area contributed by atoms with Crippen LogP contribution in [-0.4, -0.2) is 43.9 Å². The van der Waals surface area contributed by atoms with Crippen molar-refractivity contribution in [1.82, 2.24) is 5.32 Å². The highest BCUT2D eigenvalue weighted by atomic mass is 16.5. The number of amides is 1. The maximum Gasteiger partial charge on any atom is 0.239 e. The molecule has 0 aromatic rings. The molecule has 1 fully saturated rings. The zero-order valence-electron chi connectivity index (χ0n) is 11.7. The van der Waals surface area contributed by atoms with E-state index in [0.717, 1.165) is 25.7 Å². The molecular weight excluding hydrogens is 232 g/mol. The van der Waals surface area contributed by atoms with Gasteiger partial charge in [0.05, 0.1) is 12.2 Å². The molecule has 0 saturated carbocycles. The van der Waals surface area contributed by atoms with Crippen molar-refractivity contribution in [3.63, 3.8) is 0 Å². The summed E-state index contributed by atoms with van der Waals surface area (Å²) in [7, 11) is 1.54. The maximum atomic E-state index is 11.8. The van der Waals surface area contributed by atoms with E-state index in [2.05, 4.69) is 19.2 Å². The largest absolute Gasteiger partial charge is 0.383 e. The lowest BCUT2D eigenvalue weighted by Gasteiger charge is -2.40. The molecule has 2 unspecified atom stereocenters. The SMILES string of the molecule is CCC1(CC)CC(NC(=O)C(N)COC)CCO1. The molecule has 1 amide bonds. The van der Waals surface area contributed by atoms with E-state index in [1.54, 1.807) is 7.11 Å². The van der Waals surface area contributed by atoms with Gasteiger partial charge in [-0.25, -0.2) is 0 Å². The Morgan fingerprint density at radius 2 is 2.22 bits per heavy atom. The smallest absolute Gasteiger partial charge is 0.239 e. The van der Waals surface area contributed by atoms with Gasteiger partial charge in [-0.2, -0.15) is 0 Å². The standard InChI is InChI=1S/C13H26N2O3/c1-4-13(5-2)8-10(6-7-18-13)15-12(16)11(14)9-17-3/h10-11H,4-9,14H2,1-3H3,(H,15,16). The number of hydrogen-bond donors (Lipinski definition) is 2. The van der Waals surface area contributed by atoms with Crippen LogP contribution in [0.15, 0.2) is 0 Å². The quantitative estimate of drug-likeness (QED) is 0.739. The van der Waals surface area contributed by atoms with Gasteiger partial charge in [0.25, 0.3) is 0 Å². The molecule has 0 aromatic carbocycles. The van der Waals surface area contributed by atoms with Crippen molar-refractivity contribution < 1.29 is 14.3 Å². The summed E-state index contributed by atoms with van der Waals surface area (Å²) in [5.41, 5.74) is 5.63. The van der Waals surface area contributed by atoms with Crippen molar-refractivity contribution in [3.05, 3.63) is 0 Å². The van der Waals surface area contributed by atoms with Gasteiger partial charge in [-0.3, -0.25) is 4.79 Å². The van der Waals surface area contributed by atoms with E-state index in [-0.39, 0.29) is 24.2 Å². The van der Waals surface area contributed by atoms with Gasteiger partial charge in [-0.05, 0) is 25.7 Å². The summed E-state index contributed by atoms with van der Waals surface area (Å²) in [5.74, 6) is -0.134. The van der Waals surface area contributed by atoms with Crippen LogP contribution >= 0.6 is 0 Å². The molecule has 0 bridgehead atoms. The zero-order valence-corrected chi connectivity index (χ0v) is 11.7. The molecule has 1 aliphatic heterocycles. The summed E-state index contributed by atoms with van der Waals surface area (Å²) in [5, 5.41) is 3.00. The van der Waals surface area contributed by atoms with Gasteiger partial charge in [0.2, 0.25) is 5.91 Å². The average molecular weight is 258 g/mol. The van der Waals surface area contributed by atoms with Crippen molar-refractivity contribution in [3.8, 4) is 0 Å². The molecule has 0 aromatic heterocycles. The Morgan fingerprint density at radius 3 is 2.78 bits per heavy atom. The second-order valence-electron chi connectivity index (χ2n) is 5.00. The second kappa shape index (κ2) is 7.07. The fraction of sp³-hybridized carbons (Fsp3) is 0.923. The number of rotatable bonds is 6. The van der Waals surface area contributed by atoms with E-state index in [1.165, 1.54) is 0 Å². The highest BCUT2D eigenvalue weighted by Crippen LogP contribution is 2.31. The first kappa shape index (κ1) is 15.4. The Kier molecular flexibility index (Phi) is 6.05. The van der Waals surface area contributed by atoms with Crippen LogP contribution < -0.4 is 11.1 Å². The van der Waals surface area contributed by atoms with Crippen molar-refractivity contribution >= 4 is 5.91 Å². The summed E-state index contributed by atoms with van der Waals surface area (Å²) in [6, 6.07) is -0.426. The van der Waals surface area contributed by atoms with Crippen LogP contribution in [0.25, 0.3) is 0 Å². The third-order valence-electron chi connectivity index (χ3n) is 3.81. The summed E-state index contributed by atoms with van der Waals surface area (Å²) >= 11 is 0. The number of nitrogens with one attached hydrogen (secondary N) is 1. The molecule has 2 atom stereocenters. The molecule has 0 aliphatic carbocycles. The number of ether oxygens (including phenoxy) is 2. The minimum absolute atomic E-state index is 0.0818. The van der Waals surface area contributed by atoms with E-state index >= 15 is 0 Å². The number of carbonyl (C=O) groups excluding carboxylic acids is 1. The van der Waals surface area contributed by atoms with E-state index in [4.69, 9.17) is 15.2 Å². The van der Waals surface area contributed by atoms with E-state index in [9.17, 15) is 4.79 Å². The van der Waals surface area contributed by atoms with Gasteiger partial charge in [-0.15, -0.1) is 0 Å². The molecule has 106 valence electrons. The average Bonchev–Trinajstić information content (AvgIpc) is 2.39. The molecular formula is C13H26N2O3. The van der Waals surface area contributed by atoms with Gasteiger partial charge < -0.3 is 20.5 Å². The highest BCUT2D eigenvalue weighted by Gasteiger charge is 2.35. The van der Waals surface area contributed by atoms with E-state index in [0.29, 0.717) is 6.61 Å². The lowest BCUT2D eigenvalue weighted by molar-refractivity contribution is -0.128. The van der Waals surface area contributed by atoms with Gasteiger partial charge in [0.1, 0.15) is 6.04 Å². The Morgan fingerprint density at radius 1 is 1.56 bits per heavy atom. The highest BCUT2D eigenvalue weighted by molar-refractivity contribution is 5.81. The molecule has 5 heteroatoms. The molecule has 3 N–H and O–H groups in total. The minimum Gasteiger partial charge on any atom is -0.383 e. The molecule has 0 spiro atoms. The zero-order chi connectivity index (χ0) is 13.6. The van der Waals surface area contributed by atoms with Crippen LogP contribution in [0.5, 0.6) is 0 Å². The Labute approximate surface area is 109 Å². The first-order valence-electron chi connectivity index (χ1n) is 6.75. The fourth-order valence-electron chi connectivity index (χ4n) is 2.46. The Hall–Kier alpha value is -0.650.